The summed E-state index contributed by atoms with van der Waals surface area (Å²) >= 11 is 5.86. The Labute approximate surface area is 130 Å². The van der Waals surface area contributed by atoms with Crippen LogP contribution in [0.15, 0.2) is 42.5 Å². The number of ether oxygens (including phenoxy) is 1. The maximum absolute atomic E-state index is 12.0. The van der Waals surface area contributed by atoms with Crippen molar-refractivity contribution in [2.75, 3.05) is 0 Å². The van der Waals surface area contributed by atoms with Crippen molar-refractivity contribution in [1.82, 2.24) is 0 Å². The van der Waals surface area contributed by atoms with Crippen LogP contribution in [0.2, 0.25) is 5.02 Å². The first-order valence-corrected chi connectivity index (χ1v) is 6.53. The monoisotopic (exact) mass is 319 g/mol. The third-order valence-electron chi connectivity index (χ3n) is 2.85. The van der Waals surface area contributed by atoms with Crippen LogP contribution in [0.3, 0.4) is 0 Å². The highest BCUT2D eigenvalue weighted by Crippen LogP contribution is 2.24. The Kier molecular flexibility index (Phi) is 4.53. The molecule has 0 radical (unpaired) electrons. The fourth-order valence-electron chi connectivity index (χ4n) is 1.70. The predicted molar refractivity (Wildman–Crippen MR) is 79.5 cm³/mol. The molecule has 0 N–H and O–H groups in total. The third-order valence-corrected chi connectivity index (χ3v) is 3.18. The summed E-state index contributed by atoms with van der Waals surface area (Å²) in [6.07, 6.45) is 0. The second kappa shape index (κ2) is 6.36. The fraction of sp³-hybridized carbons (Fsp3) is 0.0667. The highest BCUT2D eigenvalue weighted by Gasteiger charge is 2.17. The number of non-ortho nitro benzene ring substituents is 1. The highest BCUT2D eigenvalue weighted by molar-refractivity contribution is 6.33. The summed E-state index contributed by atoms with van der Waals surface area (Å²) in [6, 6.07) is 9.45. The Balaban J connectivity index is 2.23. The molecular weight excluding hydrogens is 310 g/mol. The van der Waals surface area contributed by atoms with Gasteiger partial charge in [0, 0.05) is 17.7 Å². The molecule has 0 bridgehead atoms. The molecule has 6 nitrogen and oxygen atoms in total. The molecule has 2 rings (SSSR count). The normalized spacial score (nSPS) is 10.1. The van der Waals surface area contributed by atoms with Gasteiger partial charge in [0.15, 0.2) is 5.78 Å². The third kappa shape index (κ3) is 3.48. The van der Waals surface area contributed by atoms with Crippen LogP contribution >= 0.6 is 11.6 Å². The molecule has 2 aromatic rings. The van der Waals surface area contributed by atoms with Gasteiger partial charge in [0.25, 0.3) is 5.69 Å². The smallest absolute Gasteiger partial charge is 0.345 e. The van der Waals surface area contributed by atoms with Crippen molar-refractivity contribution in [3.63, 3.8) is 0 Å². The molecule has 0 spiro atoms. The minimum Gasteiger partial charge on any atom is -0.423 e. The van der Waals surface area contributed by atoms with Crippen molar-refractivity contribution in [1.29, 1.82) is 0 Å². The number of rotatable bonds is 4. The lowest BCUT2D eigenvalue weighted by Crippen LogP contribution is -2.09. The molecule has 0 saturated carbocycles. The van der Waals surface area contributed by atoms with Gasteiger partial charge in [-0.15, -0.1) is 0 Å². The van der Waals surface area contributed by atoms with Gasteiger partial charge in [-0.05, 0) is 37.3 Å². The molecule has 0 aliphatic rings. The number of hydrogen-bond donors (Lipinski definition) is 0. The van der Waals surface area contributed by atoms with E-state index in [9.17, 15) is 19.7 Å². The van der Waals surface area contributed by atoms with Gasteiger partial charge in [-0.25, -0.2) is 4.79 Å². The Morgan fingerprint density at radius 1 is 1.14 bits per heavy atom. The van der Waals surface area contributed by atoms with Crippen molar-refractivity contribution in [2.45, 2.75) is 6.92 Å². The van der Waals surface area contributed by atoms with Crippen molar-refractivity contribution in [3.05, 3.63) is 68.7 Å². The van der Waals surface area contributed by atoms with Crippen LogP contribution in [0.4, 0.5) is 5.69 Å². The van der Waals surface area contributed by atoms with Gasteiger partial charge < -0.3 is 4.74 Å². The van der Waals surface area contributed by atoms with E-state index in [1.807, 2.05) is 0 Å². The number of esters is 1. The van der Waals surface area contributed by atoms with Crippen molar-refractivity contribution < 1.29 is 19.2 Å². The van der Waals surface area contributed by atoms with Crippen molar-refractivity contribution in [3.8, 4) is 5.75 Å². The van der Waals surface area contributed by atoms with E-state index in [-0.39, 0.29) is 27.8 Å². The van der Waals surface area contributed by atoms with E-state index in [0.717, 1.165) is 6.07 Å². The molecular formula is C15H10ClNO5. The largest absolute Gasteiger partial charge is 0.423 e. The first-order valence-electron chi connectivity index (χ1n) is 6.15. The molecule has 0 aromatic heterocycles. The van der Waals surface area contributed by atoms with Gasteiger partial charge in [0.2, 0.25) is 0 Å². The minimum atomic E-state index is -0.815. The average molecular weight is 320 g/mol. The molecule has 0 aliphatic carbocycles. The van der Waals surface area contributed by atoms with Crippen LogP contribution in [-0.4, -0.2) is 16.7 Å². The molecule has 0 heterocycles. The molecule has 0 unspecified atom stereocenters. The number of carbonyl (C=O) groups excluding carboxylic acids is 2. The molecule has 0 atom stereocenters. The van der Waals surface area contributed by atoms with Crippen LogP contribution in [0, 0.1) is 10.1 Å². The molecule has 0 aliphatic heterocycles. The lowest BCUT2D eigenvalue weighted by atomic mass is 10.1. The molecule has 7 heteroatoms. The number of nitro benzene ring substituents is 1. The topological polar surface area (TPSA) is 86.5 Å². The van der Waals surface area contributed by atoms with Crippen LogP contribution in [0.25, 0.3) is 0 Å². The van der Waals surface area contributed by atoms with E-state index >= 15 is 0 Å². The molecule has 0 saturated heterocycles. The van der Waals surface area contributed by atoms with Gasteiger partial charge in [-0.3, -0.25) is 14.9 Å². The van der Waals surface area contributed by atoms with Crippen LogP contribution in [-0.2, 0) is 0 Å². The number of nitrogens with zero attached hydrogens (tertiary/aromatic N) is 1. The van der Waals surface area contributed by atoms with Crippen LogP contribution < -0.4 is 4.74 Å². The number of ketones is 1. The zero-order chi connectivity index (χ0) is 16.3. The van der Waals surface area contributed by atoms with Crippen LogP contribution in [0.5, 0.6) is 5.75 Å². The Bertz CT molecular complexity index is 755. The Hall–Kier alpha value is -2.73. The quantitative estimate of drug-likeness (QED) is 0.282. The standard InChI is InChI=1S/C15H10ClNO5/c1-9(18)10-2-5-12(6-3-10)22-15(19)13-8-11(17(20)21)4-7-14(13)16/h2-8H,1H3. The number of nitro groups is 1. The van der Waals surface area contributed by atoms with Gasteiger partial charge in [-0.1, -0.05) is 11.6 Å². The SMILES string of the molecule is CC(=O)c1ccc(OC(=O)c2cc([N+](=O)[O-])ccc2Cl)cc1. The number of halogens is 1. The summed E-state index contributed by atoms with van der Waals surface area (Å²) in [5, 5.41) is 10.8. The number of hydrogen-bond acceptors (Lipinski definition) is 5. The van der Waals surface area contributed by atoms with E-state index < -0.39 is 10.9 Å². The van der Waals surface area contributed by atoms with Gasteiger partial charge in [0.1, 0.15) is 5.75 Å². The van der Waals surface area contributed by atoms with Crippen LogP contribution in [0.1, 0.15) is 27.6 Å². The van der Waals surface area contributed by atoms with E-state index in [0.29, 0.717) is 5.56 Å². The first kappa shape index (κ1) is 15.7. The lowest BCUT2D eigenvalue weighted by molar-refractivity contribution is -0.384. The summed E-state index contributed by atoms with van der Waals surface area (Å²) in [4.78, 5) is 33.3. The number of Topliss-reactive ketones (excluding diaryl/α,β-unsaturated/α-hetero) is 1. The fourth-order valence-corrected chi connectivity index (χ4v) is 1.90. The van der Waals surface area contributed by atoms with E-state index in [4.69, 9.17) is 16.3 Å². The van der Waals surface area contributed by atoms with E-state index in [1.54, 1.807) is 0 Å². The summed E-state index contributed by atoms with van der Waals surface area (Å²) in [5.41, 5.74) is 0.114. The van der Waals surface area contributed by atoms with Gasteiger partial charge >= 0.3 is 5.97 Å². The molecule has 0 fully saturated rings. The van der Waals surface area contributed by atoms with Crippen molar-refractivity contribution in [2.24, 2.45) is 0 Å². The maximum Gasteiger partial charge on any atom is 0.345 e. The first-order chi connectivity index (χ1) is 10.4. The number of carbonyl (C=O) groups is 2. The average Bonchev–Trinajstić information content (AvgIpc) is 2.47. The second-order valence-corrected chi connectivity index (χ2v) is 4.80. The zero-order valence-corrected chi connectivity index (χ0v) is 12.2. The maximum atomic E-state index is 12.0. The zero-order valence-electron chi connectivity index (χ0n) is 11.4. The molecule has 2 aromatic carbocycles. The highest BCUT2D eigenvalue weighted by atomic mass is 35.5. The second-order valence-electron chi connectivity index (χ2n) is 4.39. The summed E-state index contributed by atoms with van der Waals surface area (Å²) in [5.74, 6) is -0.721. The predicted octanol–water partition coefficient (Wildman–Crippen LogP) is 3.67. The van der Waals surface area contributed by atoms with E-state index in [2.05, 4.69) is 0 Å². The summed E-state index contributed by atoms with van der Waals surface area (Å²) < 4.78 is 5.09. The molecule has 0 amide bonds. The molecule has 22 heavy (non-hydrogen) atoms. The Morgan fingerprint density at radius 3 is 2.32 bits per heavy atom. The van der Waals surface area contributed by atoms with Gasteiger partial charge in [0.05, 0.1) is 15.5 Å². The number of benzene rings is 2. The van der Waals surface area contributed by atoms with E-state index in [1.165, 1.54) is 43.3 Å². The van der Waals surface area contributed by atoms with Gasteiger partial charge in [-0.2, -0.15) is 0 Å². The van der Waals surface area contributed by atoms with Crippen molar-refractivity contribution >= 4 is 29.0 Å². The summed E-state index contributed by atoms with van der Waals surface area (Å²) in [6.45, 7) is 1.42. The Morgan fingerprint density at radius 2 is 1.77 bits per heavy atom. The summed E-state index contributed by atoms with van der Waals surface area (Å²) in [7, 11) is 0. The molecule has 112 valence electrons. The minimum absolute atomic E-state index is 0.0518. The lowest BCUT2D eigenvalue weighted by Gasteiger charge is -2.06.